The standard InChI is InChI=1S/C13H16N4OS/c1-8-4-11(14-3)10(6-15-8)13(18)17-7-12-16-5-9(2)19-12/h4-6H,7H2,1-3H3,(H,14,15)(H,17,18). The molecular formula is C13H16N4OS. The topological polar surface area (TPSA) is 66.9 Å². The molecule has 0 atom stereocenters. The Labute approximate surface area is 116 Å². The Hall–Kier alpha value is -1.95. The summed E-state index contributed by atoms with van der Waals surface area (Å²) in [6.45, 7) is 4.32. The molecule has 2 N–H and O–H groups in total. The van der Waals surface area contributed by atoms with Gasteiger partial charge in [0.2, 0.25) is 0 Å². The number of nitrogens with zero attached hydrogens (tertiary/aromatic N) is 2. The summed E-state index contributed by atoms with van der Waals surface area (Å²) >= 11 is 1.58. The van der Waals surface area contributed by atoms with Gasteiger partial charge in [0.15, 0.2) is 0 Å². The van der Waals surface area contributed by atoms with Crippen LogP contribution in [-0.4, -0.2) is 22.9 Å². The molecule has 0 radical (unpaired) electrons. The number of aromatic nitrogens is 2. The van der Waals surface area contributed by atoms with Crippen molar-refractivity contribution in [2.75, 3.05) is 12.4 Å². The molecule has 2 aromatic heterocycles. The highest BCUT2D eigenvalue weighted by atomic mass is 32.1. The lowest BCUT2D eigenvalue weighted by molar-refractivity contribution is 0.0951. The predicted octanol–water partition coefficient (Wildman–Crippen LogP) is 2.13. The highest BCUT2D eigenvalue weighted by Crippen LogP contribution is 2.15. The lowest BCUT2D eigenvalue weighted by atomic mass is 10.2. The molecule has 0 saturated heterocycles. The number of pyridine rings is 1. The first-order valence-electron chi connectivity index (χ1n) is 5.94. The molecule has 0 fully saturated rings. The lowest BCUT2D eigenvalue weighted by Gasteiger charge is -2.09. The number of hydrogen-bond donors (Lipinski definition) is 2. The Bertz CT molecular complexity index is 594. The zero-order valence-electron chi connectivity index (χ0n) is 11.2. The van der Waals surface area contributed by atoms with E-state index in [1.54, 1.807) is 30.8 Å². The zero-order valence-corrected chi connectivity index (χ0v) is 12.0. The van der Waals surface area contributed by atoms with E-state index >= 15 is 0 Å². The minimum Gasteiger partial charge on any atom is -0.387 e. The second-order valence-electron chi connectivity index (χ2n) is 4.17. The van der Waals surface area contributed by atoms with Crippen molar-refractivity contribution in [3.8, 4) is 0 Å². The van der Waals surface area contributed by atoms with Gasteiger partial charge in [-0.3, -0.25) is 9.78 Å². The van der Waals surface area contributed by atoms with Crippen LogP contribution in [-0.2, 0) is 6.54 Å². The minimum atomic E-state index is -0.148. The fourth-order valence-corrected chi connectivity index (χ4v) is 2.41. The van der Waals surface area contributed by atoms with Gasteiger partial charge < -0.3 is 10.6 Å². The van der Waals surface area contributed by atoms with Gasteiger partial charge in [-0.2, -0.15) is 0 Å². The molecule has 0 aliphatic carbocycles. The number of rotatable bonds is 4. The molecule has 100 valence electrons. The first-order valence-corrected chi connectivity index (χ1v) is 6.75. The van der Waals surface area contributed by atoms with Crippen molar-refractivity contribution >= 4 is 22.9 Å². The first-order chi connectivity index (χ1) is 9.10. The third-order valence-electron chi connectivity index (χ3n) is 2.62. The van der Waals surface area contributed by atoms with Gasteiger partial charge in [-0.05, 0) is 19.9 Å². The molecule has 2 heterocycles. The smallest absolute Gasteiger partial charge is 0.255 e. The normalized spacial score (nSPS) is 10.3. The second-order valence-corrected chi connectivity index (χ2v) is 5.49. The average molecular weight is 276 g/mol. The van der Waals surface area contributed by atoms with Crippen molar-refractivity contribution < 1.29 is 4.79 Å². The summed E-state index contributed by atoms with van der Waals surface area (Å²) in [5.74, 6) is -0.148. The van der Waals surface area contributed by atoms with E-state index in [0.29, 0.717) is 12.1 Å². The molecular weight excluding hydrogens is 260 g/mol. The van der Waals surface area contributed by atoms with Crippen molar-refractivity contribution in [1.82, 2.24) is 15.3 Å². The number of amides is 1. The van der Waals surface area contributed by atoms with E-state index in [2.05, 4.69) is 20.6 Å². The summed E-state index contributed by atoms with van der Waals surface area (Å²) in [5, 5.41) is 6.76. The van der Waals surface area contributed by atoms with E-state index in [0.717, 1.165) is 21.3 Å². The number of thiazole rings is 1. The second kappa shape index (κ2) is 5.79. The summed E-state index contributed by atoms with van der Waals surface area (Å²) in [6, 6.07) is 1.85. The minimum absolute atomic E-state index is 0.148. The summed E-state index contributed by atoms with van der Waals surface area (Å²) in [6.07, 6.45) is 3.39. The highest BCUT2D eigenvalue weighted by Gasteiger charge is 2.12. The summed E-state index contributed by atoms with van der Waals surface area (Å²) in [7, 11) is 1.79. The zero-order chi connectivity index (χ0) is 13.8. The van der Waals surface area contributed by atoms with Gasteiger partial charge in [-0.25, -0.2) is 4.98 Å². The van der Waals surface area contributed by atoms with Crippen LogP contribution in [0.1, 0.15) is 25.9 Å². The van der Waals surface area contributed by atoms with Crippen LogP contribution in [0.5, 0.6) is 0 Å². The monoisotopic (exact) mass is 276 g/mol. The Morgan fingerprint density at radius 3 is 2.74 bits per heavy atom. The van der Waals surface area contributed by atoms with Crippen LogP contribution < -0.4 is 10.6 Å². The molecule has 2 rings (SSSR count). The molecule has 19 heavy (non-hydrogen) atoms. The molecule has 0 spiro atoms. The maximum atomic E-state index is 12.1. The molecule has 0 saturated carbocycles. The molecule has 6 heteroatoms. The van der Waals surface area contributed by atoms with Gasteiger partial charge in [0.05, 0.1) is 17.8 Å². The molecule has 0 aromatic carbocycles. The number of anilines is 1. The number of aryl methyl sites for hydroxylation is 2. The summed E-state index contributed by atoms with van der Waals surface area (Å²) in [5.41, 5.74) is 2.19. The quantitative estimate of drug-likeness (QED) is 0.897. The van der Waals surface area contributed by atoms with Crippen molar-refractivity contribution in [1.29, 1.82) is 0 Å². The van der Waals surface area contributed by atoms with Gasteiger partial charge in [0.1, 0.15) is 5.01 Å². The van der Waals surface area contributed by atoms with Crippen LogP contribution in [0.3, 0.4) is 0 Å². The van der Waals surface area contributed by atoms with E-state index in [1.165, 1.54) is 0 Å². The van der Waals surface area contributed by atoms with Gasteiger partial charge in [0.25, 0.3) is 5.91 Å². The fourth-order valence-electron chi connectivity index (χ4n) is 1.68. The van der Waals surface area contributed by atoms with Crippen molar-refractivity contribution in [2.45, 2.75) is 20.4 Å². The Kier molecular flexibility index (Phi) is 4.11. The van der Waals surface area contributed by atoms with Crippen LogP contribution in [0.25, 0.3) is 0 Å². The van der Waals surface area contributed by atoms with Crippen LogP contribution in [0, 0.1) is 13.8 Å². The van der Waals surface area contributed by atoms with E-state index in [4.69, 9.17) is 0 Å². The summed E-state index contributed by atoms with van der Waals surface area (Å²) in [4.78, 5) is 21.6. The third-order valence-corrected chi connectivity index (χ3v) is 3.54. The lowest BCUT2D eigenvalue weighted by Crippen LogP contribution is -2.24. The van der Waals surface area contributed by atoms with Crippen molar-refractivity contribution in [3.05, 3.63) is 39.6 Å². The van der Waals surface area contributed by atoms with Crippen LogP contribution in [0.4, 0.5) is 5.69 Å². The Morgan fingerprint density at radius 1 is 1.32 bits per heavy atom. The largest absolute Gasteiger partial charge is 0.387 e. The molecule has 2 aromatic rings. The van der Waals surface area contributed by atoms with E-state index < -0.39 is 0 Å². The SMILES string of the molecule is CNc1cc(C)ncc1C(=O)NCc1ncc(C)s1. The number of carbonyl (C=O) groups is 1. The van der Waals surface area contributed by atoms with Crippen molar-refractivity contribution in [2.24, 2.45) is 0 Å². The predicted molar refractivity (Wildman–Crippen MR) is 76.5 cm³/mol. The molecule has 5 nitrogen and oxygen atoms in total. The van der Waals surface area contributed by atoms with Gasteiger partial charge in [-0.1, -0.05) is 0 Å². The third kappa shape index (κ3) is 3.29. The molecule has 0 aliphatic rings. The average Bonchev–Trinajstić information content (AvgIpc) is 2.81. The van der Waals surface area contributed by atoms with Crippen molar-refractivity contribution in [3.63, 3.8) is 0 Å². The Morgan fingerprint density at radius 2 is 2.11 bits per heavy atom. The fraction of sp³-hybridized carbons (Fsp3) is 0.308. The molecule has 0 bridgehead atoms. The van der Waals surface area contributed by atoms with E-state index in [9.17, 15) is 4.79 Å². The van der Waals surface area contributed by atoms with Crippen LogP contribution in [0.15, 0.2) is 18.5 Å². The number of hydrogen-bond acceptors (Lipinski definition) is 5. The van der Waals surface area contributed by atoms with Gasteiger partial charge >= 0.3 is 0 Å². The van der Waals surface area contributed by atoms with Crippen LogP contribution >= 0.6 is 11.3 Å². The summed E-state index contributed by atoms with van der Waals surface area (Å²) < 4.78 is 0. The highest BCUT2D eigenvalue weighted by molar-refractivity contribution is 7.11. The number of nitrogens with one attached hydrogen (secondary N) is 2. The van der Waals surface area contributed by atoms with E-state index in [1.807, 2.05) is 19.9 Å². The van der Waals surface area contributed by atoms with Crippen LogP contribution in [0.2, 0.25) is 0 Å². The van der Waals surface area contributed by atoms with E-state index in [-0.39, 0.29) is 5.91 Å². The molecule has 1 amide bonds. The molecule has 0 unspecified atom stereocenters. The maximum Gasteiger partial charge on any atom is 0.255 e. The first kappa shape index (κ1) is 13.5. The number of carbonyl (C=O) groups excluding carboxylic acids is 1. The maximum absolute atomic E-state index is 12.1. The molecule has 0 aliphatic heterocycles. The van der Waals surface area contributed by atoms with Gasteiger partial charge in [0, 0.05) is 30.0 Å². The Balaban J connectivity index is 2.07. The van der Waals surface area contributed by atoms with Gasteiger partial charge in [-0.15, -0.1) is 11.3 Å².